The van der Waals surface area contributed by atoms with Gasteiger partial charge < -0.3 is 29.1 Å². The Kier molecular flexibility index (Phi) is 13.5. The van der Waals surface area contributed by atoms with Crippen molar-refractivity contribution in [2.75, 3.05) is 53.2 Å². The summed E-state index contributed by atoms with van der Waals surface area (Å²) in [4.78, 5) is 27.9. The number of alkyl halides is 1. The molecule has 2 N–H and O–H groups in total. The summed E-state index contributed by atoms with van der Waals surface area (Å²) in [6.45, 7) is 3.51. The molecule has 0 radical (unpaired) electrons. The monoisotopic (exact) mass is 715 g/mol. The first kappa shape index (κ1) is 37.5. The number of benzene rings is 2. The van der Waals surface area contributed by atoms with Crippen LogP contribution in [-0.2, 0) is 30.3 Å². The van der Waals surface area contributed by atoms with Crippen LogP contribution in [0.15, 0.2) is 60.7 Å². The van der Waals surface area contributed by atoms with Crippen molar-refractivity contribution in [3.8, 4) is 0 Å². The van der Waals surface area contributed by atoms with Crippen LogP contribution in [0.25, 0.3) is 0 Å². The fourth-order valence-corrected chi connectivity index (χ4v) is 7.91. The largest absolute Gasteiger partial charge is 0.459 e. The molecular weight excluding hydrogens is 660 g/mol. The molecule has 2 saturated carbocycles. The minimum atomic E-state index is -1.50. The number of rotatable bonds is 8. The Morgan fingerprint density at radius 3 is 1.51 bits per heavy atom. The van der Waals surface area contributed by atoms with E-state index in [9.17, 15) is 19.8 Å². The summed E-state index contributed by atoms with van der Waals surface area (Å²) in [5.74, 6) is 0.809. The fraction of sp³-hybridized carbons (Fsp3) is 0.632. The highest BCUT2D eigenvalue weighted by molar-refractivity contribution is 9.08. The van der Waals surface area contributed by atoms with Gasteiger partial charge in [-0.3, -0.25) is 0 Å². The lowest BCUT2D eigenvalue weighted by atomic mass is 9.80. The van der Waals surface area contributed by atoms with E-state index in [1.165, 1.54) is 0 Å². The van der Waals surface area contributed by atoms with Crippen LogP contribution >= 0.6 is 15.9 Å². The molecule has 2 aromatic carbocycles. The van der Waals surface area contributed by atoms with Gasteiger partial charge in [0.2, 0.25) is 0 Å². The first-order valence-corrected chi connectivity index (χ1v) is 19.0. The topological polar surface area (TPSA) is 96.3 Å². The molecule has 4 atom stereocenters. The summed E-state index contributed by atoms with van der Waals surface area (Å²) in [6, 6.07) is 18.6. The molecule has 9 heteroatoms. The van der Waals surface area contributed by atoms with E-state index in [4.69, 9.17) is 9.47 Å². The molecule has 4 fully saturated rings. The van der Waals surface area contributed by atoms with Crippen molar-refractivity contribution >= 4 is 27.9 Å². The van der Waals surface area contributed by atoms with E-state index >= 15 is 0 Å². The molecule has 4 aliphatic rings. The fourth-order valence-electron chi connectivity index (χ4n) is 7.91. The highest BCUT2D eigenvalue weighted by Crippen LogP contribution is 2.43. The molecule has 0 aromatic heterocycles. The van der Waals surface area contributed by atoms with E-state index in [1.54, 1.807) is 0 Å². The number of nitrogens with zero attached hydrogens (tertiary/aromatic N) is 2. The van der Waals surface area contributed by atoms with Crippen molar-refractivity contribution in [1.29, 1.82) is 0 Å². The molecule has 0 bridgehead atoms. The zero-order valence-corrected chi connectivity index (χ0v) is 30.4. The van der Waals surface area contributed by atoms with Gasteiger partial charge in [0.05, 0.1) is 20.6 Å². The minimum Gasteiger partial charge on any atom is -0.459 e. The van der Waals surface area contributed by atoms with Gasteiger partial charge in [0.1, 0.15) is 12.6 Å². The van der Waals surface area contributed by atoms with Crippen LogP contribution in [0, 0.1) is 11.8 Å². The summed E-state index contributed by atoms with van der Waals surface area (Å²) < 4.78 is 12.3. The predicted molar refractivity (Wildman–Crippen MR) is 188 cm³/mol. The molecule has 2 saturated heterocycles. The molecule has 2 aliphatic carbocycles. The number of aliphatic hydroxyl groups is 2. The average Bonchev–Trinajstić information content (AvgIpc) is 3.92. The third-order valence-corrected chi connectivity index (χ3v) is 10.6. The average molecular weight is 717 g/mol. The number of likely N-dealkylation sites (N-methyl/N-ethyl adjacent to an activating group) is 2. The number of ether oxygens (including phenoxy) is 2. The maximum absolute atomic E-state index is 12.9. The SMILES string of the molecule is CBr.CN1CCC(OC(=O)C(O)(c2ccccc2)C2CCCC2)C1.C[N+]1(C)CCC(OC(=O)C(O)(c2ccccc2)C2CCCC2)C1. The molecule has 2 heterocycles. The quantitative estimate of drug-likeness (QED) is 0.203. The highest BCUT2D eigenvalue weighted by atomic mass is 79.9. The number of esters is 2. The molecule has 2 aliphatic heterocycles. The van der Waals surface area contributed by atoms with Crippen molar-refractivity contribution in [3.05, 3.63) is 71.8 Å². The number of hydrogen-bond donors (Lipinski definition) is 2. The predicted octanol–water partition coefficient (Wildman–Crippen LogP) is 5.78. The molecule has 260 valence electrons. The van der Waals surface area contributed by atoms with E-state index in [1.807, 2.05) is 73.5 Å². The third kappa shape index (κ3) is 9.04. The Morgan fingerprint density at radius 1 is 0.723 bits per heavy atom. The Labute approximate surface area is 290 Å². The standard InChI is InChI=1S/C19H28NO3.C18H25NO3.CH3Br/c1-20(2)13-12-17(14-20)23-18(21)19(22,16-10-6-7-11-16)15-8-4-3-5-9-15;1-19-12-11-16(13-19)22-17(20)18(21,15-9-5-6-10-15)14-7-3-2-4-8-14;1-2/h3-5,8-9,16-17,22H,6-7,10-14H2,1-2H3;2-4,7-8,15-16,21H,5-6,9-13H2,1H3;1H3/q+1;;. The van der Waals surface area contributed by atoms with Gasteiger partial charge in [0.15, 0.2) is 17.3 Å². The Hall–Kier alpha value is -2.30. The summed E-state index contributed by atoms with van der Waals surface area (Å²) in [5.41, 5.74) is -1.67. The van der Waals surface area contributed by atoms with Gasteiger partial charge in [0, 0.05) is 31.3 Å². The van der Waals surface area contributed by atoms with Crippen LogP contribution in [0.4, 0.5) is 0 Å². The van der Waals surface area contributed by atoms with Crippen LogP contribution in [0.3, 0.4) is 0 Å². The van der Waals surface area contributed by atoms with Gasteiger partial charge in [-0.2, -0.15) is 0 Å². The van der Waals surface area contributed by atoms with Gasteiger partial charge >= 0.3 is 11.9 Å². The molecule has 0 spiro atoms. The van der Waals surface area contributed by atoms with Gasteiger partial charge in [-0.15, -0.1) is 0 Å². The van der Waals surface area contributed by atoms with Crippen molar-refractivity contribution in [3.63, 3.8) is 0 Å². The van der Waals surface area contributed by atoms with Crippen LogP contribution in [-0.4, -0.2) is 96.9 Å². The van der Waals surface area contributed by atoms with E-state index in [0.29, 0.717) is 11.1 Å². The molecule has 0 amide bonds. The van der Waals surface area contributed by atoms with Gasteiger partial charge in [0.25, 0.3) is 0 Å². The van der Waals surface area contributed by atoms with Crippen LogP contribution in [0.5, 0.6) is 0 Å². The number of carbonyl (C=O) groups is 2. The summed E-state index contributed by atoms with van der Waals surface area (Å²) in [7, 11) is 6.32. The lowest BCUT2D eigenvalue weighted by Crippen LogP contribution is -2.46. The second-order valence-electron chi connectivity index (χ2n) is 14.5. The first-order chi connectivity index (χ1) is 22.5. The van der Waals surface area contributed by atoms with Gasteiger partial charge in [-0.1, -0.05) is 102 Å². The second-order valence-corrected chi connectivity index (χ2v) is 14.5. The molecule has 8 nitrogen and oxygen atoms in total. The number of halogens is 1. The lowest BCUT2D eigenvalue weighted by molar-refractivity contribution is -0.879. The van der Waals surface area contributed by atoms with Crippen molar-refractivity contribution in [1.82, 2.24) is 4.90 Å². The van der Waals surface area contributed by atoms with Gasteiger partial charge in [-0.25, -0.2) is 9.59 Å². The van der Waals surface area contributed by atoms with Crippen molar-refractivity contribution in [2.24, 2.45) is 11.8 Å². The molecule has 6 rings (SSSR count). The number of carbonyl (C=O) groups excluding carboxylic acids is 2. The maximum Gasteiger partial charge on any atom is 0.343 e. The molecule has 47 heavy (non-hydrogen) atoms. The second kappa shape index (κ2) is 16.9. The smallest absolute Gasteiger partial charge is 0.343 e. The Morgan fingerprint density at radius 2 is 1.15 bits per heavy atom. The molecule has 2 aromatic rings. The summed E-state index contributed by atoms with van der Waals surface area (Å²) >= 11 is 2.94. The number of hydrogen-bond acceptors (Lipinski definition) is 7. The third-order valence-electron chi connectivity index (χ3n) is 10.6. The van der Waals surface area contributed by atoms with Crippen LogP contribution in [0.1, 0.15) is 75.3 Å². The van der Waals surface area contributed by atoms with E-state index in [2.05, 4.69) is 34.9 Å². The van der Waals surface area contributed by atoms with E-state index < -0.39 is 23.1 Å². The van der Waals surface area contributed by atoms with Crippen LogP contribution < -0.4 is 0 Å². The van der Waals surface area contributed by atoms with Crippen LogP contribution in [0.2, 0.25) is 0 Å². The Balaban J connectivity index is 0.000000202. The first-order valence-electron chi connectivity index (χ1n) is 17.4. The molecular formula is C38H56BrN2O6+. The van der Waals surface area contributed by atoms with Crippen molar-refractivity contribution < 1.29 is 33.8 Å². The summed E-state index contributed by atoms with van der Waals surface area (Å²) in [5, 5.41) is 22.7. The number of likely N-dealkylation sites (tertiary alicyclic amines) is 2. The van der Waals surface area contributed by atoms with E-state index in [0.717, 1.165) is 94.9 Å². The van der Waals surface area contributed by atoms with Gasteiger partial charge in [-0.05, 0) is 56.1 Å². The minimum absolute atomic E-state index is 0.0402. The molecule has 4 unspecified atom stereocenters. The normalized spacial score (nSPS) is 25.4. The highest BCUT2D eigenvalue weighted by Gasteiger charge is 2.50. The lowest BCUT2D eigenvalue weighted by Gasteiger charge is -2.33. The zero-order chi connectivity index (χ0) is 34.1. The summed E-state index contributed by atoms with van der Waals surface area (Å²) in [6.07, 6.45) is 9.32. The van der Waals surface area contributed by atoms with E-state index in [-0.39, 0.29) is 24.0 Å². The van der Waals surface area contributed by atoms with Crippen molar-refractivity contribution in [2.45, 2.75) is 87.6 Å². The maximum atomic E-state index is 12.9. The Bertz CT molecular complexity index is 1270. The number of quaternary nitrogens is 1. The zero-order valence-electron chi connectivity index (χ0n) is 28.8.